The molecule has 1 fully saturated rings. The largest absolute Gasteiger partial charge is 0.350 e. The Bertz CT molecular complexity index is 1550. The monoisotopic (exact) mass is 586 g/mol. The first-order valence-electron chi connectivity index (χ1n) is 15.3. The Morgan fingerprint density at radius 2 is 1.70 bits per heavy atom. The highest BCUT2D eigenvalue weighted by molar-refractivity contribution is 5.81. The highest BCUT2D eigenvalue weighted by Gasteiger charge is 2.31. The lowest BCUT2D eigenvalue weighted by Gasteiger charge is -2.22. The van der Waals surface area contributed by atoms with Gasteiger partial charge in [0.2, 0.25) is 12.2 Å². The van der Waals surface area contributed by atoms with Crippen molar-refractivity contribution in [1.82, 2.24) is 29.8 Å². The fraction of sp³-hybridized carbons (Fsp3) is 0.485. The lowest BCUT2D eigenvalue weighted by Crippen LogP contribution is -2.32. The zero-order valence-corrected chi connectivity index (χ0v) is 25.6. The minimum atomic E-state index is -0.823. The standard InChI is InChI=1S/C33H42N6O4/c1-22(2)14-19-28-30(32(42-3)43-4)39(29(40)20-23-10-6-5-7-11-23)33(41)38(28)21-24-15-17-25(18-16-24)26-12-8-9-13-27(26)31-34-36-37-35-31/h8-9,12-13,15-18,22-23,32H,5-7,10-11,14,19-21H2,1-4H3,(H,34,35,36,37). The summed E-state index contributed by atoms with van der Waals surface area (Å²) in [7, 11) is 3.09. The Balaban J connectivity index is 1.52. The van der Waals surface area contributed by atoms with Crippen molar-refractivity contribution in [2.75, 3.05) is 14.2 Å². The van der Waals surface area contributed by atoms with E-state index in [4.69, 9.17) is 9.47 Å². The van der Waals surface area contributed by atoms with Crippen LogP contribution in [0.2, 0.25) is 0 Å². The Labute approximate surface area is 252 Å². The minimum absolute atomic E-state index is 0.176. The van der Waals surface area contributed by atoms with Gasteiger partial charge < -0.3 is 9.47 Å². The third kappa shape index (κ3) is 6.86. The Morgan fingerprint density at radius 3 is 2.33 bits per heavy atom. The number of nitrogens with one attached hydrogen (secondary N) is 1. The molecule has 2 heterocycles. The van der Waals surface area contributed by atoms with Crippen LogP contribution in [-0.2, 0) is 22.4 Å². The van der Waals surface area contributed by atoms with Gasteiger partial charge in [-0.25, -0.2) is 14.5 Å². The third-order valence-corrected chi connectivity index (χ3v) is 8.47. The average molecular weight is 587 g/mol. The second-order valence-corrected chi connectivity index (χ2v) is 11.9. The molecule has 1 saturated carbocycles. The van der Waals surface area contributed by atoms with E-state index in [0.29, 0.717) is 42.7 Å². The molecule has 1 N–H and O–H groups in total. The molecule has 4 aromatic rings. The molecule has 0 aliphatic heterocycles. The van der Waals surface area contributed by atoms with Gasteiger partial charge in [0.05, 0.1) is 6.54 Å². The molecule has 10 nitrogen and oxygen atoms in total. The van der Waals surface area contributed by atoms with Gasteiger partial charge in [-0.15, -0.1) is 5.10 Å². The SMILES string of the molecule is COC(OC)c1c(CCC(C)C)n(Cc2ccc(-c3ccccc3-c3nnn[nH]3)cc2)c(=O)n1C(=O)CC1CCCCC1. The van der Waals surface area contributed by atoms with Gasteiger partial charge in [-0.3, -0.25) is 9.36 Å². The van der Waals surface area contributed by atoms with Crippen LogP contribution < -0.4 is 5.69 Å². The summed E-state index contributed by atoms with van der Waals surface area (Å²) in [6.07, 6.45) is 6.55. The van der Waals surface area contributed by atoms with Crippen LogP contribution in [-0.4, -0.2) is 49.9 Å². The number of aromatic nitrogens is 6. The van der Waals surface area contributed by atoms with E-state index in [2.05, 4.69) is 34.5 Å². The molecule has 1 aliphatic carbocycles. The molecule has 0 saturated heterocycles. The second kappa shape index (κ2) is 14.1. The number of rotatable bonds is 12. The van der Waals surface area contributed by atoms with Crippen molar-refractivity contribution >= 4 is 5.91 Å². The maximum Gasteiger partial charge on any atom is 0.335 e. The predicted molar refractivity (Wildman–Crippen MR) is 165 cm³/mol. The molecule has 1 aliphatic rings. The quantitative estimate of drug-likeness (QED) is 0.201. The molecule has 228 valence electrons. The fourth-order valence-electron chi connectivity index (χ4n) is 6.18. The Hall–Kier alpha value is -3.89. The van der Waals surface area contributed by atoms with Gasteiger partial charge in [-0.1, -0.05) is 81.6 Å². The molecule has 0 atom stereocenters. The highest BCUT2D eigenvalue weighted by atomic mass is 16.7. The van der Waals surface area contributed by atoms with Gasteiger partial charge in [-0.2, -0.15) is 0 Å². The second-order valence-electron chi connectivity index (χ2n) is 11.9. The smallest absolute Gasteiger partial charge is 0.335 e. The number of benzene rings is 2. The zero-order chi connectivity index (χ0) is 30.3. The van der Waals surface area contributed by atoms with E-state index in [1.807, 2.05) is 48.5 Å². The van der Waals surface area contributed by atoms with Gasteiger partial charge in [0.25, 0.3) is 0 Å². The number of carbonyl (C=O) groups is 1. The highest BCUT2D eigenvalue weighted by Crippen LogP contribution is 2.31. The van der Waals surface area contributed by atoms with Crippen LogP contribution in [0.4, 0.5) is 0 Å². The third-order valence-electron chi connectivity index (χ3n) is 8.47. The number of methoxy groups -OCH3 is 2. The first-order chi connectivity index (χ1) is 20.9. The Morgan fingerprint density at radius 1 is 1.00 bits per heavy atom. The number of aromatic amines is 1. The van der Waals surface area contributed by atoms with E-state index < -0.39 is 6.29 Å². The summed E-state index contributed by atoms with van der Waals surface area (Å²) in [5, 5.41) is 14.4. The zero-order valence-electron chi connectivity index (χ0n) is 25.6. The summed E-state index contributed by atoms with van der Waals surface area (Å²) in [6.45, 7) is 4.64. The van der Waals surface area contributed by atoms with Crippen molar-refractivity contribution in [3.05, 3.63) is 76.0 Å². The molecule has 0 radical (unpaired) electrons. The molecule has 0 amide bonds. The number of H-pyrrole nitrogens is 1. The number of imidazole rings is 1. The summed E-state index contributed by atoms with van der Waals surface area (Å²) in [6, 6.07) is 16.1. The van der Waals surface area contributed by atoms with Gasteiger partial charge in [-0.05, 0) is 64.6 Å². The van der Waals surface area contributed by atoms with Crippen molar-refractivity contribution in [1.29, 1.82) is 0 Å². The first kappa shape index (κ1) is 30.6. The minimum Gasteiger partial charge on any atom is -0.350 e. The van der Waals surface area contributed by atoms with E-state index in [1.165, 1.54) is 11.0 Å². The van der Waals surface area contributed by atoms with Crippen molar-refractivity contribution in [3.8, 4) is 22.5 Å². The van der Waals surface area contributed by atoms with Gasteiger partial charge in [0, 0.05) is 31.9 Å². The van der Waals surface area contributed by atoms with Crippen molar-refractivity contribution in [2.45, 2.75) is 78.0 Å². The van der Waals surface area contributed by atoms with E-state index >= 15 is 0 Å². The number of nitrogens with zero attached hydrogens (tertiary/aromatic N) is 5. The fourth-order valence-corrected chi connectivity index (χ4v) is 6.18. The molecule has 10 heteroatoms. The van der Waals surface area contributed by atoms with E-state index in [0.717, 1.165) is 60.1 Å². The molecule has 2 aromatic carbocycles. The van der Waals surface area contributed by atoms with Crippen molar-refractivity contribution in [2.24, 2.45) is 11.8 Å². The van der Waals surface area contributed by atoms with E-state index in [1.54, 1.807) is 18.8 Å². The van der Waals surface area contributed by atoms with Crippen LogP contribution in [0.1, 0.15) is 86.8 Å². The summed E-state index contributed by atoms with van der Waals surface area (Å²) in [5.74, 6) is 1.14. The molecule has 2 aromatic heterocycles. The lowest BCUT2D eigenvalue weighted by atomic mass is 9.87. The normalized spacial score (nSPS) is 14.2. The van der Waals surface area contributed by atoms with E-state index in [9.17, 15) is 9.59 Å². The molecule has 43 heavy (non-hydrogen) atoms. The molecule has 0 unspecified atom stereocenters. The number of hydrogen-bond acceptors (Lipinski definition) is 7. The number of carbonyl (C=O) groups excluding carboxylic acids is 1. The predicted octanol–water partition coefficient (Wildman–Crippen LogP) is 6.04. The summed E-state index contributed by atoms with van der Waals surface area (Å²) >= 11 is 0. The molecule has 0 bridgehead atoms. The first-order valence-corrected chi connectivity index (χ1v) is 15.3. The van der Waals surface area contributed by atoms with Crippen LogP contribution in [0.15, 0.2) is 53.3 Å². The summed E-state index contributed by atoms with van der Waals surface area (Å²) in [4.78, 5) is 27.9. The topological polar surface area (TPSA) is 117 Å². The van der Waals surface area contributed by atoms with Crippen LogP contribution in [0.5, 0.6) is 0 Å². The van der Waals surface area contributed by atoms with E-state index in [-0.39, 0.29) is 11.6 Å². The molecule has 5 rings (SSSR count). The molecule has 0 spiro atoms. The van der Waals surface area contributed by atoms with Crippen molar-refractivity contribution in [3.63, 3.8) is 0 Å². The van der Waals surface area contributed by atoms with Crippen LogP contribution in [0.25, 0.3) is 22.5 Å². The lowest BCUT2D eigenvalue weighted by molar-refractivity contribution is -0.110. The van der Waals surface area contributed by atoms with Gasteiger partial charge >= 0.3 is 5.69 Å². The molecular weight excluding hydrogens is 544 g/mol. The Kier molecular flexibility index (Phi) is 9.99. The van der Waals surface area contributed by atoms with Crippen LogP contribution in [0.3, 0.4) is 0 Å². The van der Waals surface area contributed by atoms with Crippen molar-refractivity contribution < 1.29 is 14.3 Å². The van der Waals surface area contributed by atoms with Gasteiger partial charge in [0.1, 0.15) is 5.69 Å². The van der Waals surface area contributed by atoms with Crippen LogP contribution >= 0.6 is 0 Å². The number of tetrazole rings is 1. The average Bonchev–Trinajstić information content (AvgIpc) is 3.65. The number of hydrogen-bond donors (Lipinski definition) is 1. The molecular formula is C33H42N6O4. The summed E-state index contributed by atoms with van der Waals surface area (Å²) < 4.78 is 14.4. The van der Waals surface area contributed by atoms with Crippen LogP contribution in [0, 0.1) is 11.8 Å². The maximum absolute atomic E-state index is 14.1. The number of ether oxygens (including phenoxy) is 2. The maximum atomic E-state index is 14.1. The van der Waals surface area contributed by atoms with Gasteiger partial charge in [0.15, 0.2) is 5.82 Å². The summed E-state index contributed by atoms with van der Waals surface area (Å²) in [5.41, 5.74) is 4.82.